The van der Waals surface area contributed by atoms with Crippen molar-refractivity contribution in [3.63, 3.8) is 0 Å². The van der Waals surface area contributed by atoms with Crippen molar-refractivity contribution < 1.29 is 9.47 Å². The van der Waals surface area contributed by atoms with Gasteiger partial charge in [-0.05, 0) is 42.0 Å². The largest absolute Gasteiger partial charge is 0.497 e. The highest BCUT2D eigenvalue weighted by Gasteiger charge is 2.22. The van der Waals surface area contributed by atoms with E-state index in [4.69, 9.17) is 9.47 Å². The van der Waals surface area contributed by atoms with E-state index in [1.807, 2.05) is 18.2 Å². The zero-order valence-electron chi connectivity index (χ0n) is 12.6. The van der Waals surface area contributed by atoms with Gasteiger partial charge in [-0.3, -0.25) is 0 Å². The lowest BCUT2D eigenvalue weighted by Crippen LogP contribution is -2.02. The number of benzene rings is 2. The third kappa shape index (κ3) is 3.30. The molecule has 3 heteroatoms. The molecule has 1 aliphatic carbocycles. The van der Waals surface area contributed by atoms with E-state index in [2.05, 4.69) is 29.6 Å². The molecule has 0 aromatic heterocycles. The Morgan fingerprint density at radius 3 is 2.38 bits per heavy atom. The van der Waals surface area contributed by atoms with Gasteiger partial charge in [0.2, 0.25) is 0 Å². The SMILES string of the molecule is COc1ccc(OC)c(NCc2ccc(C3CC3)cc2)c1. The van der Waals surface area contributed by atoms with E-state index in [1.165, 1.54) is 24.0 Å². The van der Waals surface area contributed by atoms with Crippen LogP contribution in [0.15, 0.2) is 42.5 Å². The first-order valence-corrected chi connectivity index (χ1v) is 7.35. The molecule has 21 heavy (non-hydrogen) atoms. The van der Waals surface area contributed by atoms with E-state index in [0.29, 0.717) is 0 Å². The maximum atomic E-state index is 5.37. The van der Waals surface area contributed by atoms with Crippen LogP contribution in [0.1, 0.15) is 29.9 Å². The average molecular weight is 283 g/mol. The summed E-state index contributed by atoms with van der Waals surface area (Å²) in [5.41, 5.74) is 3.69. The summed E-state index contributed by atoms with van der Waals surface area (Å²) < 4.78 is 10.6. The number of hydrogen-bond acceptors (Lipinski definition) is 3. The summed E-state index contributed by atoms with van der Waals surface area (Å²) in [5, 5.41) is 3.41. The Labute approximate surface area is 125 Å². The second-order valence-corrected chi connectivity index (χ2v) is 5.44. The number of nitrogens with one attached hydrogen (secondary N) is 1. The Morgan fingerprint density at radius 1 is 1.00 bits per heavy atom. The Hall–Kier alpha value is -2.16. The zero-order chi connectivity index (χ0) is 14.7. The smallest absolute Gasteiger partial charge is 0.142 e. The topological polar surface area (TPSA) is 30.5 Å². The predicted molar refractivity (Wildman–Crippen MR) is 85.3 cm³/mol. The maximum Gasteiger partial charge on any atom is 0.142 e. The summed E-state index contributed by atoms with van der Waals surface area (Å²) in [7, 11) is 3.35. The lowest BCUT2D eigenvalue weighted by Gasteiger charge is -2.13. The van der Waals surface area contributed by atoms with E-state index >= 15 is 0 Å². The van der Waals surface area contributed by atoms with Gasteiger partial charge in [-0.25, -0.2) is 0 Å². The van der Waals surface area contributed by atoms with Crippen molar-refractivity contribution in [2.75, 3.05) is 19.5 Å². The zero-order valence-corrected chi connectivity index (χ0v) is 12.6. The minimum Gasteiger partial charge on any atom is -0.497 e. The predicted octanol–water partition coefficient (Wildman–Crippen LogP) is 4.19. The van der Waals surface area contributed by atoms with Crippen LogP contribution < -0.4 is 14.8 Å². The van der Waals surface area contributed by atoms with E-state index in [0.717, 1.165) is 29.6 Å². The van der Waals surface area contributed by atoms with Crippen molar-refractivity contribution in [1.29, 1.82) is 0 Å². The summed E-state index contributed by atoms with van der Waals surface area (Å²) in [5.74, 6) is 2.46. The molecule has 1 fully saturated rings. The highest BCUT2D eigenvalue weighted by atomic mass is 16.5. The molecule has 3 rings (SSSR count). The molecule has 2 aromatic rings. The van der Waals surface area contributed by atoms with Crippen LogP contribution in [-0.2, 0) is 6.54 Å². The molecule has 0 bridgehead atoms. The molecule has 0 aliphatic heterocycles. The van der Waals surface area contributed by atoms with Gasteiger partial charge < -0.3 is 14.8 Å². The molecule has 0 amide bonds. The highest BCUT2D eigenvalue weighted by Crippen LogP contribution is 2.40. The second kappa shape index (κ2) is 6.08. The van der Waals surface area contributed by atoms with Crippen molar-refractivity contribution >= 4 is 5.69 Å². The molecule has 0 unspecified atom stereocenters. The van der Waals surface area contributed by atoms with Gasteiger partial charge in [0.15, 0.2) is 0 Å². The minimum absolute atomic E-state index is 0.772. The fourth-order valence-electron chi connectivity index (χ4n) is 2.47. The van der Waals surface area contributed by atoms with Gasteiger partial charge in [0.1, 0.15) is 11.5 Å². The van der Waals surface area contributed by atoms with Crippen molar-refractivity contribution in [1.82, 2.24) is 0 Å². The van der Waals surface area contributed by atoms with Gasteiger partial charge >= 0.3 is 0 Å². The fourth-order valence-corrected chi connectivity index (χ4v) is 2.47. The van der Waals surface area contributed by atoms with Gasteiger partial charge in [0, 0.05) is 12.6 Å². The van der Waals surface area contributed by atoms with Crippen LogP contribution in [0.3, 0.4) is 0 Å². The van der Waals surface area contributed by atoms with Crippen molar-refractivity contribution in [2.24, 2.45) is 0 Å². The molecule has 0 heterocycles. The van der Waals surface area contributed by atoms with Crippen LogP contribution in [0, 0.1) is 0 Å². The van der Waals surface area contributed by atoms with Gasteiger partial charge in [-0.1, -0.05) is 24.3 Å². The summed E-state index contributed by atoms with van der Waals surface area (Å²) in [6, 6.07) is 14.7. The first-order chi connectivity index (χ1) is 10.3. The Kier molecular flexibility index (Phi) is 4.00. The molecule has 0 spiro atoms. The second-order valence-electron chi connectivity index (χ2n) is 5.44. The van der Waals surface area contributed by atoms with Crippen molar-refractivity contribution in [3.05, 3.63) is 53.6 Å². The molecular formula is C18H21NO2. The normalized spacial score (nSPS) is 13.8. The van der Waals surface area contributed by atoms with Crippen LogP contribution in [0.2, 0.25) is 0 Å². The van der Waals surface area contributed by atoms with Gasteiger partial charge in [-0.2, -0.15) is 0 Å². The Bertz CT molecular complexity index is 603. The molecule has 1 saturated carbocycles. The van der Waals surface area contributed by atoms with Crippen molar-refractivity contribution in [2.45, 2.75) is 25.3 Å². The number of ether oxygens (including phenoxy) is 2. The average Bonchev–Trinajstić information content (AvgIpc) is 3.38. The third-order valence-corrected chi connectivity index (χ3v) is 3.92. The summed E-state index contributed by atoms with van der Waals surface area (Å²) in [6.07, 6.45) is 2.69. The summed E-state index contributed by atoms with van der Waals surface area (Å²) >= 11 is 0. The minimum atomic E-state index is 0.772. The van der Waals surface area contributed by atoms with E-state index in [-0.39, 0.29) is 0 Å². The molecule has 0 saturated heterocycles. The molecule has 110 valence electrons. The summed E-state index contributed by atoms with van der Waals surface area (Å²) in [6.45, 7) is 0.772. The number of anilines is 1. The maximum absolute atomic E-state index is 5.37. The standard InChI is InChI=1S/C18H21NO2/c1-20-16-9-10-18(21-2)17(11-16)19-12-13-3-5-14(6-4-13)15-7-8-15/h3-6,9-11,15,19H,7-8,12H2,1-2H3. The molecule has 1 N–H and O–H groups in total. The first-order valence-electron chi connectivity index (χ1n) is 7.35. The first kappa shape index (κ1) is 13.8. The lowest BCUT2D eigenvalue weighted by atomic mass is 10.1. The van der Waals surface area contributed by atoms with Crippen LogP contribution in [0.5, 0.6) is 11.5 Å². The fraction of sp³-hybridized carbons (Fsp3) is 0.333. The molecule has 0 atom stereocenters. The monoisotopic (exact) mass is 283 g/mol. The van der Waals surface area contributed by atoms with E-state index < -0.39 is 0 Å². The third-order valence-electron chi connectivity index (χ3n) is 3.92. The molecular weight excluding hydrogens is 262 g/mol. The van der Waals surface area contributed by atoms with Crippen LogP contribution in [0.25, 0.3) is 0 Å². The van der Waals surface area contributed by atoms with Gasteiger partial charge in [0.25, 0.3) is 0 Å². The Morgan fingerprint density at radius 2 is 1.76 bits per heavy atom. The number of rotatable bonds is 6. The molecule has 2 aromatic carbocycles. The molecule has 3 nitrogen and oxygen atoms in total. The van der Waals surface area contributed by atoms with Crippen molar-refractivity contribution in [3.8, 4) is 11.5 Å². The van der Waals surface area contributed by atoms with Crippen LogP contribution >= 0.6 is 0 Å². The lowest BCUT2D eigenvalue weighted by molar-refractivity contribution is 0.404. The Balaban J connectivity index is 1.68. The van der Waals surface area contributed by atoms with E-state index in [1.54, 1.807) is 14.2 Å². The molecule has 1 aliphatic rings. The van der Waals surface area contributed by atoms with Gasteiger partial charge in [-0.15, -0.1) is 0 Å². The van der Waals surface area contributed by atoms with Gasteiger partial charge in [0.05, 0.1) is 19.9 Å². The number of methoxy groups -OCH3 is 2. The van der Waals surface area contributed by atoms with Crippen LogP contribution in [0.4, 0.5) is 5.69 Å². The highest BCUT2D eigenvalue weighted by molar-refractivity contribution is 5.60. The van der Waals surface area contributed by atoms with E-state index in [9.17, 15) is 0 Å². The number of hydrogen-bond donors (Lipinski definition) is 1. The molecule has 0 radical (unpaired) electrons. The quantitative estimate of drug-likeness (QED) is 0.862. The summed E-state index contributed by atoms with van der Waals surface area (Å²) in [4.78, 5) is 0. The van der Waals surface area contributed by atoms with Crippen LogP contribution in [-0.4, -0.2) is 14.2 Å².